The molecule has 2 aliphatic rings. The van der Waals surface area contributed by atoms with Crippen molar-refractivity contribution in [2.75, 3.05) is 6.61 Å². The number of rotatable bonds is 2. The molecule has 2 aliphatic carbocycles. The maximum atomic E-state index is 10.3. The summed E-state index contributed by atoms with van der Waals surface area (Å²) in [5.74, 6) is 0.934. The second-order valence-electron chi connectivity index (χ2n) is 5.91. The summed E-state index contributed by atoms with van der Waals surface area (Å²) in [5, 5.41) is 19.3. The number of hydrogen-bond donors (Lipinski definition) is 2. The van der Waals surface area contributed by atoms with Crippen molar-refractivity contribution in [1.29, 1.82) is 0 Å². The Bertz CT molecular complexity index is 236. The molecule has 0 unspecified atom stereocenters. The molecule has 0 saturated heterocycles. The molecular formula is C12H22O2. The molecule has 0 heterocycles. The molecule has 2 saturated carbocycles. The molecule has 2 nitrogen and oxygen atoms in total. The summed E-state index contributed by atoms with van der Waals surface area (Å²) in [4.78, 5) is 0. The molecule has 0 aromatic heterocycles. The van der Waals surface area contributed by atoms with Gasteiger partial charge in [-0.15, -0.1) is 0 Å². The molecule has 2 N–H and O–H groups in total. The molecule has 2 rings (SSSR count). The Labute approximate surface area is 86.3 Å². The fourth-order valence-electron chi connectivity index (χ4n) is 4.04. The van der Waals surface area contributed by atoms with E-state index in [4.69, 9.17) is 5.11 Å². The molecule has 4 atom stereocenters. The molecule has 0 spiro atoms. The number of fused-ring (bicyclic) bond motifs is 2. The van der Waals surface area contributed by atoms with Crippen LogP contribution < -0.4 is 0 Å². The van der Waals surface area contributed by atoms with E-state index in [0.717, 1.165) is 12.8 Å². The van der Waals surface area contributed by atoms with Crippen LogP contribution in [-0.4, -0.2) is 22.9 Å². The minimum absolute atomic E-state index is 0.0809. The van der Waals surface area contributed by atoms with Gasteiger partial charge in [0.15, 0.2) is 0 Å². The van der Waals surface area contributed by atoms with Crippen LogP contribution in [0, 0.1) is 22.7 Å². The highest BCUT2D eigenvalue weighted by molar-refractivity contribution is 5.14. The van der Waals surface area contributed by atoms with Gasteiger partial charge in [0.05, 0.1) is 6.10 Å². The van der Waals surface area contributed by atoms with Crippen LogP contribution in [0.25, 0.3) is 0 Å². The van der Waals surface area contributed by atoms with Crippen LogP contribution >= 0.6 is 0 Å². The summed E-state index contributed by atoms with van der Waals surface area (Å²) in [6.07, 6.45) is 2.94. The van der Waals surface area contributed by atoms with E-state index in [1.807, 2.05) is 0 Å². The van der Waals surface area contributed by atoms with Gasteiger partial charge in [0.2, 0.25) is 0 Å². The van der Waals surface area contributed by atoms with Crippen LogP contribution in [0.1, 0.15) is 40.0 Å². The van der Waals surface area contributed by atoms with Gasteiger partial charge in [0, 0.05) is 6.61 Å². The summed E-state index contributed by atoms with van der Waals surface area (Å²) in [6, 6.07) is 0. The highest BCUT2D eigenvalue weighted by Gasteiger charge is 2.65. The van der Waals surface area contributed by atoms with Gasteiger partial charge in [-0.1, -0.05) is 20.8 Å². The first-order valence-electron chi connectivity index (χ1n) is 5.74. The van der Waals surface area contributed by atoms with Crippen LogP contribution in [0.2, 0.25) is 0 Å². The van der Waals surface area contributed by atoms with E-state index in [-0.39, 0.29) is 23.5 Å². The molecular weight excluding hydrogens is 176 g/mol. The second kappa shape index (κ2) is 2.96. The van der Waals surface area contributed by atoms with Crippen LogP contribution in [0.3, 0.4) is 0 Å². The lowest BCUT2D eigenvalue weighted by molar-refractivity contribution is -0.0154. The normalized spacial score (nSPS) is 49.9. The van der Waals surface area contributed by atoms with E-state index in [2.05, 4.69) is 20.8 Å². The average Bonchev–Trinajstić information content (AvgIpc) is 2.41. The van der Waals surface area contributed by atoms with Crippen molar-refractivity contribution in [3.8, 4) is 0 Å². The Kier molecular flexibility index (Phi) is 2.20. The van der Waals surface area contributed by atoms with E-state index in [0.29, 0.717) is 11.8 Å². The van der Waals surface area contributed by atoms with Crippen molar-refractivity contribution in [3.05, 3.63) is 0 Å². The van der Waals surface area contributed by atoms with Gasteiger partial charge in [0.25, 0.3) is 0 Å². The van der Waals surface area contributed by atoms with Crippen molar-refractivity contribution >= 4 is 0 Å². The zero-order chi connectivity index (χ0) is 10.6. The third kappa shape index (κ3) is 0.989. The van der Waals surface area contributed by atoms with Crippen molar-refractivity contribution in [2.24, 2.45) is 22.7 Å². The summed E-state index contributed by atoms with van der Waals surface area (Å²) in [7, 11) is 0. The van der Waals surface area contributed by atoms with Gasteiger partial charge in [-0.3, -0.25) is 0 Å². The molecule has 82 valence electrons. The first kappa shape index (κ1) is 10.4. The van der Waals surface area contributed by atoms with Gasteiger partial charge in [-0.05, 0) is 41.9 Å². The Morgan fingerprint density at radius 1 is 1.29 bits per heavy atom. The molecule has 0 aliphatic heterocycles. The summed E-state index contributed by atoms with van der Waals surface area (Å²) in [5.41, 5.74) is 0.323. The van der Waals surface area contributed by atoms with Crippen molar-refractivity contribution in [2.45, 2.75) is 46.1 Å². The number of hydrogen-bond acceptors (Lipinski definition) is 2. The van der Waals surface area contributed by atoms with Gasteiger partial charge < -0.3 is 10.2 Å². The minimum atomic E-state index is -0.205. The third-order valence-corrected chi connectivity index (χ3v) is 5.41. The van der Waals surface area contributed by atoms with Gasteiger partial charge in [-0.2, -0.15) is 0 Å². The standard InChI is InChI=1S/C12H22O2/c1-11(2)9-4-6-12(11,3)10(14)8(9)5-7-13/h8-10,13-14H,4-7H2,1-3H3/t8-,9-,10-,12-/m1/s1. The topological polar surface area (TPSA) is 40.5 Å². The molecule has 0 amide bonds. The molecule has 2 bridgehead atoms. The molecule has 2 fully saturated rings. The molecule has 14 heavy (non-hydrogen) atoms. The van der Waals surface area contributed by atoms with Crippen molar-refractivity contribution in [3.63, 3.8) is 0 Å². The van der Waals surface area contributed by atoms with Crippen LogP contribution in [0.15, 0.2) is 0 Å². The molecule has 0 radical (unpaired) electrons. The van der Waals surface area contributed by atoms with E-state index < -0.39 is 0 Å². The zero-order valence-corrected chi connectivity index (χ0v) is 9.45. The lowest BCUT2D eigenvalue weighted by atomic mass is 9.70. The predicted octanol–water partition coefficient (Wildman–Crippen LogP) is 1.80. The van der Waals surface area contributed by atoms with E-state index in [1.165, 1.54) is 6.42 Å². The maximum absolute atomic E-state index is 10.3. The largest absolute Gasteiger partial charge is 0.396 e. The molecule has 2 heteroatoms. The van der Waals surface area contributed by atoms with E-state index in [1.54, 1.807) is 0 Å². The van der Waals surface area contributed by atoms with Gasteiger partial charge in [0.1, 0.15) is 0 Å². The lowest BCUT2D eigenvalue weighted by Crippen LogP contribution is -2.37. The first-order valence-corrected chi connectivity index (χ1v) is 5.74. The fraction of sp³-hybridized carbons (Fsp3) is 1.00. The van der Waals surface area contributed by atoms with Crippen molar-refractivity contribution < 1.29 is 10.2 Å². The summed E-state index contributed by atoms with van der Waals surface area (Å²) >= 11 is 0. The van der Waals surface area contributed by atoms with Crippen LogP contribution in [0.4, 0.5) is 0 Å². The molecule has 0 aromatic carbocycles. The number of aliphatic hydroxyl groups excluding tert-OH is 2. The highest BCUT2D eigenvalue weighted by Crippen LogP contribution is 2.68. The smallest absolute Gasteiger partial charge is 0.0630 e. The first-order chi connectivity index (χ1) is 6.45. The van der Waals surface area contributed by atoms with Crippen molar-refractivity contribution in [1.82, 2.24) is 0 Å². The highest BCUT2D eigenvalue weighted by atomic mass is 16.3. The Hall–Kier alpha value is -0.0800. The second-order valence-corrected chi connectivity index (χ2v) is 5.91. The monoisotopic (exact) mass is 198 g/mol. The minimum Gasteiger partial charge on any atom is -0.396 e. The Morgan fingerprint density at radius 2 is 1.93 bits per heavy atom. The van der Waals surface area contributed by atoms with E-state index >= 15 is 0 Å². The van der Waals surface area contributed by atoms with E-state index in [9.17, 15) is 5.11 Å². The van der Waals surface area contributed by atoms with Crippen LogP contribution in [0.5, 0.6) is 0 Å². The average molecular weight is 198 g/mol. The van der Waals surface area contributed by atoms with Gasteiger partial charge >= 0.3 is 0 Å². The molecule has 0 aromatic rings. The fourth-order valence-corrected chi connectivity index (χ4v) is 4.04. The lowest BCUT2D eigenvalue weighted by Gasteiger charge is -2.37. The predicted molar refractivity (Wildman–Crippen MR) is 55.8 cm³/mol. The maximum Gasteiger partial charge on any atom is 0.0630 e. The number of aliphatic hydroxyl groups is 2. The third-order valence-electron chi connectivity index (χ3n) is 5.41. The zero-order valence-electron chi connectivity index (χ0n) is 9.45. The summed E-state index contributed by atoms with van der Waals surface area (Å²) < 4.78 is 0. The Balaban J connectivity index is 2.29. The summed E-state index contributed by atoms with van der Waals surface area (Å²) in [6.45, 7) is 7.00. The van der Waals surface area contributed by atoms with Gasteiger partial charge in [-0.25, -0.2) is 0 Å². The van der Waals surface area contributed by atoms with Crippen LogP contribution in [-0.2, 0) is 0 Å². The Morgan fingerprint density at radius 3 is 2.36 bits per heavy atom. The quantitative estimate of drug-likeness (QED) is 0.710. The SMILES string of the molecule is CC1(C)[C@@H]2CC[C@]1(C)[C@H](O)[C@@H]2CCO.